The van der Waals surface area contributed by atoms with E-state index in [-0.39, 0.29) is 17.6 Å². The zero-order valence-electron chi connectivity index (χ0n) is 15.4. The van der Waals surface area contributed by atoms with Gasteiger partial charge in [0, 0.05) is 23.8 Å². The minimum atomic E-state index is -0.589. The van der Waals surface area contributed by atoms with Crippen molar-refractivity contribution in [3.63, 3.8) is 0 Å². The molecule has 0 spiro atoms. The number of esters is 1. The van der Waals surface area contributed by atoms with E-state index in [1.807, 2.05) is 41.8 Å². The van der Waals surface area contributed by atoms with Crippen LogP contribution in [0.15, 0.2) is 46.3 Å². The molecule has 0 aliphatic heterocycles. The molecule has 0 amide bonds. The second kappa shape index (κ2) is 8.18. The van der Waals surface area contributed by atoms with Gasteiger partial charge in [-0.2, -0.15) is 0 Å². The lowest BCUT2D eigenvalue weighted by atomic mass is 10.2. The highest BCUT2D eigenvalue weighted by Gasteiger charge is 2.18. The largest absolute Gasteiger partial charge is 0.497 e. The van der Waals surface area contributed by atoms with Gasteiger partial charge in [-0.25, -0.2) is 4.79 Å². The molecule has 2 aromatic heterocycles. The fourth-order valence-electron chi connectivity index (χ4n) is 2.67. The summed E-state index contributed by atoms with van der Waals surface area (Å²) in [5.41, 5.74) is 1.33. The number of hydrogen-bond donors (Lipinski definition) is 0. The van der Waals surface area contributed by atoms with E-state index >= 15 is 0 Å². The molecule has 2 heterocycles. The van der Waals surface area contributed by atoms with Gasteiger partial charge < -0.3 is 14.0 Å². The van der Waals surface area contributed by atoms with Gasteiger partial charge in [-0.15, -0.1) is 11.3 Å². The summed E-state index contributed by atoms with van der Waals surface area (Å²) in [4.78, 5) is 30.1. The second-order valence-electron chi connectivity index (χ2n) is 5.70. The summed E-state index contributed by atoms with van der Waals surface area (Å²) in [5, 5.41) is 0. The number of carbonyl (C=O) groups is 1. The third-order valence-electron chi connectivity index (χ3n) is 4.03. The van der Waals surface area contributed by atoms with E-state index in [1.54, 1.807) is 26.4 Å². The Morgan fingerprint density at radius 3 is 2.63 bits per heavy atom. The highest BCUT2D eigenvalue weighted by Crippen LogP contribution is 2.24. The normalized spacial score (nSPS) is 11.2. The molecule has 1 aromatic carbocycles. The predicted molar refractivity (Wildman–Crippen MR) is 108 cm³/mol. The number of aryl methyl sites for hydroxylation is 1. The predicted octanol–water partition coefficient (Wildman–Crippen LogP) is 4.02. The number of aromatic nitrogens is 1. The molecular formula is C20H20N2O4S. The van der Waals surface area contributed by atoms with Gasteiger partial charge in [0.2, 0.25) is 5.43 Å². The number of pyridine rings is 1. The van der Waals surface area contributed by atoms with E-state index in [1.165, 1.54) is 11.3 Å². The number of fused-ring (bicyclic) bond motifs is 1. The maximum absolute atomic E-state index is 12.7. The Morgan fingerprint density at radius 1 is 1.26 bits per heavy atom. The molecule has 0 saturated heterocycles. The molecule has 0 unspecified atom stereocenters. The van der Waals surface area contributed by atoms with Gasteiger partial charge >= 0.3 is 5.97 Å². The number of rotatable bonds is 6. The minimum Gasteiger partial charge on any atom is -0.497 e. The van der Waals surface area contributed by atoms with E-state index in [9.17, 15) is 9.59 Å². The van der Waals surface area contributed by atoms with Crippen LogP contribution in [0.4, 0.5) is 5.69 Å². The Morgan fingerprint density at radius 2 is 2.00 bits per heavy atom. The summed E-state index contributed by atoms with van der Waals surface area (Å²) in [6.45, 7) is 4.54. The average molecular weight is 384 g/mol. The highest BCUT2D eigenvalue weighted by molar-refractivity contribution is 7.20. The molecule has 7 heteroatoms. The molecule has 0 N–H and O–H groups in total. The lowest BCUT2D eigenvalue weighted by molar-refractivity contribution is 0.0524. The zero-order chi connectivity index (χ0) is 19.4. The first-order valence-electron chi connectivity index (χ1n) is 8.59. The van der Waals surface area contributed by atoms with Gasteiger partial charge in [-0.05, 0) is 44.2 Å². The molecule has 3 rings (SSSR count). The summed E-state index contributed by atoms with van der Waals surface area (Å²) >= 11 is 1.31. The Bertz CT molecular complexity index is 1050. The Hall–Kier alpha value is -2.93. The third-order valence-corrected chi connectivity index (χ3v) is 5.08. The van der Waals surface area contributed by atoms with Crippen LogP contribution in [0.2, 0.25) is 0 Å². The Labute approximate surface area is 160 Å². The highest BCUT2D eigenvalue weighted by atomic mass is 32.1. The molecule has 6 nitrogen and oxygen atoms in total. The fourth-order valence-corrected chi connectivity index (χ4v) is 3.66. The van der Waals surface area contributed by atoms with E-state index < -0.39 is 5.97 Å². The standard InChI is InChI=1S/C20H20N2O4S/c1-4-22-12-16(20(24)26-5-2)18(23)19-17(22)10-15(27-19)11-21-13-6-8-14(25-3)9-7-13/h6-12H,4-5H2,1-3H3. The second-order valence-corrected chi connectivity index (χ2v) is 6.78. The van der Waals surface area contributed by atoms with Crippen LogP contribution in [0, 0.1) is 0 Å². The smallest absolute Gasteiger partial charge is 0.343 e. The van der Waals surface area contributed by atoms with Crippen molar-refractivity contribution in [2.75, 3.05) is 13.7 Å². The molecule has 0 aliphatic carbocycles. The van der Waals surface area contributed by atoms with Crippen molar-refractivity contribution in [3.8, 4) is 5.75 Å². The SMILES string of the molecule is CCOC(=O)c1cn(CC)c2cc(C=Nc3ccc(OC)cc3)sc2c1=O. The van der Waals surface area contributed by atoms with Crippen LogP contribution in [0.3, 0.4) is 0 Å². The summed E-state index contributed by atoms with van der Waals surface area (Å²) in [6, 6.07) is 9.29. The molecule has 27 heavy (non-hydrogen) atoms. The molecule has 0 radical (unpaired) electrons. The topological polar surface area (TPSA) is 69.9 Å². The van der Waals surface area contributed by atoms with E-state index in [2.05, 4.69) is 4.99 Å². The maximum Gasteiger partial charge on any atom is 0.343 e. The first-order valence-corrected chi connectivity index (χ1v) is 9.41. The van der Waals surface area contributed by atoms with Crippen molar-refractivity contribution < 1.29 is 14.3 Å². The third kappa shape index (κ3) is 3.93. The van der Waals surface area contributed by atoms with Gasteiger partial charge in [0.15, 0.2) is 0 Å². The van der Waals surface area contributed by atoms with Crippen LogP contribution in [0.5, 0.6) is 5.75 Å². The Kier molecular flexibility index (Phi) is 5.71. The summed E-state index contributed by atoms with van der Waals surface area (Å²) in [6.07, 6.45) is 3.29. The molecule has 0 atom stereocenters. The van der Waals surface area contributed by atoms with Crippen molar-refractivity contribution in [2.24, 2.45) is 4.99 Å². The summed E-state index contributed by atoms with van der Waals surface area (Å²) in [5.74, 6) is 0.177. The molecule has 0 fully saturated rings. The number of thiophene rings is 1. The van der Waals surface area contributed by atoms with Gasteiger partial charge in [-0.3, -0.25) is 9.79 Å². The number of benzene rings is 1. The molecule has 0 bridgehead atoms. The molecular weight excluding hydrogens is 364 g/mol. The van der Waals surface area contributed by atoms with E-state index in [4.69, 9.17) is 9.47 Å². The van der Waals surface area contributed by atoms with Crippen LogP contribution < -0.4 is 10.2 Å². The lowest BCUT2D eigenvalue weighted by Crippen LogP contribution is -2.19. The minimum absolute atomic E-state index is 0.0618. The van der Waals surface area contributed by atoms with Crippen LogP contribution in [-0.4, -0.2) is 30.5 Å². The van der Waals surface area contributed by atoms with E-state index in [0.717, 1.165) is 21.8 Å². The number of carbonyl (C=O) groups excluding carboxylic acids is 1. The van der Waals surface area contributed by atoms with Crippen molar-refractivity contribution >= 4 is 39.4 Å². The van der Waals surface area contributed by atoms with Crippen molar-refractivity contribution in [1.82, 2.24) is 4.57 Å². The van der Waals surface area contributed by atoms with Crippen molar-refractivity contribution in [2.45, 2.75) is 20.4 Å². The number of hydrogen-bond acceptors (Lipinski definition) is 6. The number of ether oxygens (including phenoxy) is 2. The van der Waals surface area contributed by atoms with Gasteiger partial charge in [0.05, 0.1) is 29.6 Å². The average Bonchev–Trinajstić information content (AvgIpc) is 3.12. The monoisotopic (exact) mass is 384 g/mol. The summed E-state index contributed by atoms with van der Waals surface area (Å²) < 4.78 is 12.5. The fraction of sp³-hybridized carbons (Fsp3) is 0.250. The quantitative estimate of drug-likeness (QED) is 0.475. The zero-order valence-corrected chi connectivity index (χ0v) is 16.2. The number of aliphatic imine (C=N–C) groups is 1. The molecule has 0 saturated carbocycles. The molecule has 140 valence electrons. The summed E-state index contributed by atoms with van der Waals surface area (Å²) in [7, 11) is 1.61. The number of methoxy groups -OCH3 is 1. The molecule has 3 aromatic rings. The van der Waals surface area contributed by atoms with Crippen molar-refractivity contribution in [1.29, 1.82) is 0 Å². The molecule has 0 aliphatic rings. The van der Waals surface area contributed by atoms with E-state index in [0.29, 0.717) is 11.2 Å². The van der Waals surface area contributed by atoms with Crippen LogP contribution in [0.1, 0.15) is 29.1 Å². The number of nitrogens with zero attached hydrogens (tertiary/aromatic N) is 2. The van der Waals surface area contributed by atoms with Gasteiger partial charge in [0.25, 0.3) is 0 Å². The van der Waals surface area contributed by atoms with Crippen LogP contribution in [0.25, 0.3) is 10.2 Å². The van der Waals surface area contributed by atoms with Crippen LogP contribution >= 0.6 is 11.3 Å². The van der Waals surface area contributed by atoms with Crippen LogP contribution in [-0.2, 0) is 11.3 Å². The lowest BCUT2D eigenvalue weighted by Gasteiger charge is -2.08. The first kappa shape index (κ1) is 18.8. The maximum atomic E-state index is 12.7. The Balaban J connectivity index is 2.00. The van der Waals surface area contributed by atoms with Gasteiger partial charge in [0.1, 0.15) is 11.3 Å². The van der Waals surface area contributed by atoms with Crippen molar-refractivity contribution in [3.05, 3.63) is 57.2 Å². The first-order chi connectivity index (χ1) is 13.1. The van der Waals surface area contributed by atoms with Gasteiger partial charge in [-0.1, -0.05) is 0 Å².